The van der Waals surface area contributed by atoms with E-state index < -0.39 is 29.1 Å². The van der Waals surface area contributed by atoms with Crippen LogP contribution in [0, 0.1) is 6.92 Å². The van der Waals surface area contributed by atoms with E-state index in [0.29, 0.717) is 5.56 Å². The van der Waals surface area contributed by atoms with Crippen molar-refractivity contribution in [2.75, 3.05) is 0 Å². The summed E-state index contributed by atoms with van der Waals surface area (Å²) in [5.41, 5.74) is 0.392. The van der Waals surface area contributed by atoms with Crippen molar-refractivity contribution >= 4 is 5.97 Å². The van der Waals surface area contributed by atoms with Crippen LogP contribution >= 0.6 is 0 Å². The van der Waals surface area contributed by atoms with Gasteiger partial charge in [-0.1, -0.05) is 0 Å². The van der Waals surface area contributed by atoms with Crippen LogP contribution in [-0.2, 0) is 4.79 Å². The first-order chi connectivity index (χ1) is 6.86. The molecule has 1 aromatic carbocycles. The Bertz CT molecular complexity index is 411. The normalized spacial score (nSPS) is 12.4. The fraction of sp³-hybridized carbons (Fsp3) is 0.300. The number of phenols is 3. The smallest absolute Gasteiger partial charge is 0.310 e. The Morgan fingerprint density at radius 3 is 2.20 bits per heavy atom. The molecule has 0 aromatic heterocycles. The Balaban J connectivity index is 3.38. The summed E-state index contributed by atoms with van der Waals surface area (Å²) in [6, 6.07) is 1.34. The van der Waals surface area contributed by atoms with Crippen LogP contribution in [0.4, 0.5) is 0 Å². The minimum absolute atomic E-state index is 0.0790. The third kappa shape index (κ3) is 1.81. The molecule has 1 atom stereocenters. The van der Waals surface area contributed by atoms with E-state index in [1.807, 2.05) is 0 Å². The third-order valence-corrected chi connectivity index (χ3v) is 2.30. The van der Waals surface area contributed by atoms with Gasteiger partial charge in [0.1, 0.15) is 0 Å². The molecular formula is C10H12O5. The standard InChI is InChI=1S/C10H12O5/c1-4-3-6(5(2)10(14)15)8(12)9(13)7(4)11/h3,5,11-13H,1-2H3,(H,14,15). The minimum atomic E-state index is -1.12. The maximum Gasteiger partial charge on any atom is 0.310 e. The largest absolute Gasteiger partial charge is 0.504 e. The van der Waals surface area contributed by atoms with E-state index in [1.165, 1.54) is 19.9 Å². The molecule has 0 saturated carbocycles. The van der Waals surface area contributed by atoms with Crippen molar-refractivity contribution in [3.05, 3.63) is 17.2 Å². The number of phenolic OH excluding ortho intramolecular Hbond substituents is 3. The maximum atomic E-state index is 10.7. The second-order valence-corrected chi connectivity index (χ2v) is 3.39. The zero-order chi connectivity index (χ0) is 11.7. The number of rotatable bonds is 2. The number of benzene rings is 1. The van der Waals surface area contributed by atoms with E-state index in [9.17, 15) is 20.1 Å². The number of hydrogen-bond acceptors (Lipinski definition) is 4. The molecule has 82 valence electrons. The first-order valence-corrected chi connectivity index (χ1v) is 4.33. The van der Waals surface area contributed by atoms with Gasteiger partial charge in [-0.25, -0.2) is 0 Å². The van der Waals surface area contributed by atoms with Gasteiger partial charge in [0.2, 0.25) is 5.75 Å². The van der Waals surface area contributed by atoms with Crippen molar-refractivity contribution in [2.45, 2.75) is 19.8 Å². The molecule has 15 heavy (non-hydrogen) atoms. The van der Waals surface area contributed by atoms with Gasteiger partial charge in [0.05, 0.1) is 5.92 Å². The number of aliphatic carboxylic acids is 1. The van der Waals surface area contributed by atoms with Crippen LogP contribution in [0.5, 0.6) is 17.2 Å². The fourth-order valence-corrected chi connectivity index (χ4v) is 1.27. The lowest BCUT2D eigenvalue weighted by atomic mass is 9.97. The number of carboxylic acid groups (broad SMARTS) is 1. The molecule has 0 heterocycles. The molecule has 0 aliphatic heterocycles. The van der Waals surface area contributed by atoms with Gasteiger partial charge in [0, 0.05) is 5.56 Å². The molecular weight excluding hydrogens is 200 g/mol. The zero-order valence-electron chi connectivity index (χ0n) is 8.35. The van der Waals surface area contributed by atoms with Crippen molar-refractivity contribution in [2.24, 2.45) is 0 Å². The molecule has 5 heteroatoms. The van der Waals surface area contributed by atoms with Crippen molar-refractivity contribution < 1.29 is 25.2 Å². The summed E-state index contributed by atoms with van der Waals surface area (Å²) in [6.07, 6.45) is 0. The predicted molar refractivity (Wildman–Crippen MR) is 52.2 cm³/mol. The van der Waals surface area contributed by atoms with E-state index in [-0.39, 0.29) is 5.56 Å². The number of aromatic hydroxyl groups is 3. The molecule has 0 saturated heterocycles. The highest BCUT2D eigenvalue weighted by Crippen LogP contribution is 2.42. The summed E-state index contributed by atoms with van der Waals surface area (Å²) in [5.74, 6) is -3.77. The average Bonchev–Trinajstić information content (AvgIpc) is 2.19. The van der Waals surface area contributed by atoms with Crippen molar-refractivity contribution in [3.8, 4) is 17.2 Å². The molecule has 0 aliphatic rings. The topological polar surface area (TPSA) is 98.0 Å². The van der Waals surface area contributed by atoms with E-state index >= 15 is 0 Å². The molecule has 1 aromatic rings. The van der Waals surface area contributed by atoms with E-state index in [1.54, 1.807) is 0 Å². The van der Waals surface area contributed by atoms with Gasteiger partial charge >= 0.3 is 5.97 Å². The van der Waals surface area contributed by atoms with Gasteiger partial charge < -0.3 is 20.4 Å². The molecule has 0 amide bonds. The fourth-order valence-electron chi connectivity index (χ4n) is 1.27. The molecule has 1 unspecified atom stereocenters. The van der Waals surface area contributed by atoms with Gasteiger partial charge in [0.25, 0.3) is 0 Å². The Morgan fingerprint density at radius 1 is 1.20 bits per heavy atom. The van der Waals surface area contributed by atoms with E-state index in [2.05, 4.69) is 0 Å². The highest BCUT2D eigenvalue weighted by Gasteiger charge is 2.22. The molecule has 1 rings (SSSR count). The Hall–Kier alpha value is -1.91. The number of carbonyl (C=O) groups is 1. The van der Waals surface area contributed by atoms with Crippen LogP contribution in [0.25, 0.3) is 0 Å². The zero-order valence-corrected chi connectivity index (χ0v) is 8.35. The minimum Gasteiger partial charge on any atom is -0.504 e. The summed E-state index contributed by atoms with van der Waals surface area (Å²) in [5, 5.41) is 36.8. The maximum absolute atomic E-state index is 10.7. The van der Waals surface area contributed by atoms with Crippen molar-refractivity contribution in [3.63, 3.8) is 0 Å². The van der Waals surface area contributed by atoms with Crippen LogP contribution in [0.2, 0.25) is 0 Å². The summed E-state index contributed by atoms with van der Waals surface area (Å²) in [4.78, 5) is 10.7. The number of carboxylic acids is 1. The van der Waals surface area contributed by atoms with Crippen LogP contribution in [0.15, 0.2) is 6.07 Å². The van der Waals surface area contributed by atoms with Crippen LogP contribution < -0.4 is 0 Å². The average molecular weight is 212 g/mol. The summed E-state index contributed by atoms with van der Waals surface area (Å²) < 4.78 is 0. The lowest BCUT2D eigenvalue weighted by Crippen LogP contribution is -2.07. The first-order valence-electron chi connectivity index (χ1n) is 4.33. The molecule has 0 radical (unpaired) electrons. The monoisotopic (exact) mass is 212 g/mol. The van der Waals surface area contributed by atoms with E-state index in [0.717, 1.165) is 0 Å². The Kier molecular flexibility index (Phi) is 2.74. The molecule has 0 spiro atoms. The lowest BCUT2D eigenvalue weighted by molar-refractivity contribution is -0.138. The van der Waals surface area contributed by atoms with Gasteiger partial charge in [-0.2, -0.15) is 0 Å². The molecule has 0 aliphatic carbocycles. The van der Waals surface area contributed by atoms with Gasteiger partial charge in [-0.3, -0.25) is 4.79 Å². The third-order valence-electron chi connectivity index (χ3n) is 2.30. The van der Waals surface area contributed by atoms with Crippen molar-refractivity contribution in [1.82, 2.24) is 0 Å². The van der Waals surface area contributed by atoms with Crippen LogP contribution in [0.3, 0.4) is 0 Å². The number of aryl methyl sites for hydroxylation is 1. The molecule has 4 N–H and O–H groups in total. The van der Waals surface area contributed by atoms with Gasteiger partial charge in [-0.15, -0.1) is 0 Å². The molecule has 0 bridgehead atoms. The van der Waals surface area contributed by atoms with Crippen LogP contribution in [-0.4, -0.2) is 26.4 Å². The highest BCUT2D eigenvalue weighted by molar-refractivity contribution is 5.78. The second kappa shape index (κ2) is 3.68. The van der Waals surface area contributed by atoms with E-state index in [4.69, 9.17) is 5.11 Å². The lowest BCUT2D eigenvalue weighted by Gasteiger charge is -2.12. The van der Waals surface area contributed by atoms with Crippen LogP contribution in [0.1, 0.15) is 24.0 Å². The van der Waals surface area contributed by atoms with Gasteiger partial charge in [-0.05, 0) is 25.5 Å². The summed E-state index contributed by atoms with van der Waals surface area (Å²) >= 11 is 0. The Morgan fingerprint density at radius 2 is 1.73 bits per heavy atom. The molecule has 5 nitrogen and oxygen atoms in total. The predicted octanol–water partition coefficient (Wildman–Crippen LogP) is 1.30. The Labute approximate surface area is 86.2 Å². The first kappa shape index (κ1) is 11.2. The quantitative estimate of drug-likeness (QED) is 0.554. The SMILES string of the molecule is Cc1cc(C(C)C(=O)O)c(O)c(O)c1O. The molecule has 0 fully saturated rings. The summed E-state index contributed by atoms with van der Waals surface area (Å²) in [7, 11) is 0. The highest BCUT2D eigenvalue weighted by atomic mass is 16.4. The summed E-state index contributed by atoms with van der Waals surface area (Å²) in [6.45, 7) is 2.89. The second-order valence-electron chi connectivity index (χ2n) is 3.39. The van der Waals surface area contributed by atoms with Gasteiger partial charge in [0.15, 0.2) is 11.5 Å². The number of hydrogen-bond donors (Lipinski definition) is 4. The van der Waals surface area contributed by atoms with Crippen molar-refractivity contribution in [1.29, 1.82) is 0 Å².